The SMILES string of the molecule is CC(C)C(=O)NCCNCc1cn(-c2ccccc2)nc1-c1ccc(F)cc1. The largest absolute Gasteiger partial charge is 0.355 e. The van der Waals surface area contributed by atoms with Crippen LogP contribution in [0.3, 0.4) is 0 Å². The number of halogens is 1. The van der Waals surface area contributed by atoms with Gasteiger partial charge in [-0.1, -0.05) is 32.0 Å². The van der Waals surface area contributed by atoms with Crippen molar-refractivity contribution in [2.45, 2.75) is 20.4 Å². The van der Waals surface area contributed by atoms with Gasteiger partial charge in [0.15, 0.2) is 0 Å². The van der Waals surface area contributed by atoms with Gasteiger partial charge in [0.1, 0.15) is 5.82 Å². The van der Waals surface area contributed by atoms with E-state index in [0.717, 1.165) is 22.5 Å². The first-order chi connectivity index (χ1) is 13.5. The van der Waals surface area contributed by atoms with Gasteiger partial charge >= 0.3 is 0 Å². The Bertz CT molecular complexity index is 904. The second-order valence-corrected chi connectivity index (χ2v) is 6.91. The average molecular weight is 380 g/mol. The van der Waals surface area contributed by atoms with E-state index in [0.29, 0.717) is 19.6 Å². The third-order valence-corrected chi connectivity index (χ3v) is 4.37. The maximum absolute atomic E-state index is 13.3. The molecule has 0 radical (unpaired) electrons. The molecular formula is C22H25FN4O. The van der Waals surface area contributed by atoms with Crippen LogP contribution in [0, 0.1) is 11.7 Å². The number of amides is 1. The number of hydrogen-bond acceptors (Lipinski definition) is 3. The number of nitrogens with zero attached hydrogens (tertiary/aromatic N) is 2. The van der Waals surface area contributed by atoms with Gasteiger partial charge in [-0.15, -0.1) is 0 Å². The van der Waals surface area contributed by atoms with Gasteiger partial charge in [0.2, 0.25) is 5.91 Å². The molecule has 0 atom stereocenters. The molecule has 0 saturated heterocycles. The van der Waals surface area contributed by atoms with E-state index >= 15 is 0 Å². The predicted molar refractivity (Wildman–Crippen MR) is 109 cm³/mol. The number of hydrogen-bond donors (Lipinski definition) is 2. The highest BCUT2D eigenvalue weighted by atomic mass is 19.1. The van der Waals surface area contributed by atoms with Gasteiger partial charge in [-0.3, -0.25) is 4.79 Å². The lowest BCUT2D eigenvalue weighted by Crippen LogP contribution is -2.34. The van der Waals surface area contributed by atoms with E-state index in [2.05, 4.69) is 10.6 Å². The van der Waals surface area contributed by atoms with E-state index in [-0.39, 0.29) is 17.6 Å². The quantitative estimate of drug-likeness (QED) is 0.588. The molecule has 2 aromatic carbocycles. The van der Waals surface area contributed by atoms with Crippen LogP contribution in [0.5, 0.6) is 0 Å². The molecule has 28 heavy (non-hydrogen) atoms. The molecule has 1 heterocycles. The summed E-state index contributed by atoms with van der Waals surface area (Å²) in [4.78, 5) is 11.6. The first-order valence-corrected chi connectivity index (χ1v) is 9.43. The van der Waals surface area contributed by atoms with E-state index in [4.69, 9.17) is 5.10 Å². The van der Waals surface area contributed by atoms with Gasteiger partial charge in [0.05, 0.1) is 11.4 Å². The van der Waals surface area contributed by atoms with E-state index in [1.54, 1.807) is 12.1 Å². The summed E-state index contributed by atoms with van der Waals surface area (Å²) in [7, 11) is 0. The summed E-state index contributed by atoms with van der Waals surface area (Å²) in [6, 6.07) is 16.2. The molecule has 0 saturated carbocycles. The monoisotopic (exact) mass is 380 g/mol. The van der Waals surface area contributed by atoms with Crippen molar-refractivity contribution in [3.63, 3.8) is 0 Å². The molecule has 5 nitrogen and oxygen atoms in total. The topological polar surface area (TPSA) is 59.0 Å². The fourth-order valence-corrected chi connectivity index (χ4v) is 2.80. The average Bonchev–Trinajstić information content (AvgIpc) is 3.13. The predicted octanol–water partition coefficient (Wildman–Crippen LogP) is 3.54. The minimum Gasteiger partial charge on any atom is -0.355 e. The Morgan fingerprint density at radius 1 is 1.07 bits per heavy atom. The third kappa shape index (κ3) is 5.04. The van der Waals surface area contributed by atoms with Crippen molar-refractivity contribution in [3.8, 4) is 16.9 Å². The second kappa shape index (κ2) is 9.28. The molecular weight excluding hydrogens is 355 g/mol. The van der Waals surface area contributed by atoms with Crippen molar-refractivity contribution in [2.24, 2.45) is 5.92 Å². The van der Waals surface area contributed by atoms with Crippen LogP contribution in [0.4, 0.5) is 4.39 Å². The number of carbonyl (C=O) groups is 1. The van der Waals surface area contributed by atoms with E-state index in [9.17, 15) is 9.18 Å². The van der Waals surface area contributed by atoms with Crippen molar-refractivity contribution in [3.05, 3.63) is 72.2 Å². The third-order valence-electron chi connectivity index (χ3n) is 4.37. The second-order valence-electron chi connectivity index (χ2n) is 6.91. The molecule has 0 unspecified atom stereocenters. The molecule has 0 aliphatic carbocycles. The van der Waals surface area contributed by atoms with Crippen LogP contribution in [0.15, 0.2) is 60.8 Å². The lowest BCUT2D eigenvalue weighted by atomic mass is 10.1. The number of aromatic nitrogens is 2. The molecule has 1 amide bonds. The normalized spacial score (nSPS) is 11.0. The van der Waals surface area contributed by atoms with Gasteiger partial charge in [0.25, 0.3) is 0 Å². The molecule has 2 N–H and O–H groups in total. The molecule has 0 aliphatic heterocycles. The molecule has 3 rings (SSSR count). The summed E-state index contributed by atoms with van der Waals surface area (Å²) in [6.07, 6.45) is 1.98. The first-order valence-electron chi connectivity index (χ1n) is 9.43. The number of para-hydroxylation sites is 1. The van der Waals surface area contributed by atoms with Crippen LogP contribution >= 0.6 is 0 Å². The van der Waals surface area contributed by atoms with Crippen LogP contribution in [0.1, 0.15) is 19.4 Å². The lowest BCUT2D eigenvalue weighted by Gasteiger charge is -2.08. The zero-order chi connectivity index (χ0) is 19.9. The van der Waals surface area contributed by atoms with Gasteiger partial charge in [0, 0.05) is 42.9 Å². The fraction of sp³-hybridized carbons (Fsp3) is 0.273. The van der Waals surface area contributed by atoms with Crippen molar-refractivity contribution in [1.82, 2.24) is 20.4 Å². The Balaban J connectivity index is 1.74. The van der Waals surface area contributed by atoms with Crippen molar-refractivity contribution in [1.29, 1.82) is 0 Å². The molecule has 146 valence electrons. The molecule has 0 spiro atoms. The smallest absolute Gasteiger partial charge is 0.222 e. The number of rotatable bonds is 8. The summed E-state index contributed by atoms with van der Waals surface area (Å²) >= 11 is 0. The molecule has 0 bridgehead atoms. The minimum absolute atomic E-state index is 0.0193. The van der Waals surface area contributed by atoms with Crippen LogP contribution in [-0.2, 0) is 11.3 Å². The summed E-state index contributed by atoms with van der Waals surface area (Å²) in [5.41, 5.74) is 3.63. The van der Waals surface area contributed by atoms with Gasteiger partial charge in [-0.25, -0.2) is 9.07 Å². The number of nitrogens with one attached hydrogen (secondary N) is 2. The highest BCUT2D eigenvalue weighted by molar-refractivity contribution is 5.77. The zero-order valence-corrected chi connectivity index (χ0v) is 16.2. The molecule has 0 aliphatic rings. The van der Waals surface area contributed by atoms with Crippen molar-refractivity contribution >= 4 is 5.91 Å². The maximum Gasteiger partial charge on any atom is 0.222 e. The number of benzene rings is 2. The van der Waals surface area contributed by atoms with E-state index < -0.39 is 0 Å². The maximum atomic E-state index is 13.3. The highest BCUT2D eigenvalue weighted by Gasteiger charge is 2.12. The summed E-state index contributed by atoms with van der Waals surface area (Å²) < 4.78 is 15.1. The van der Waals surface area contributed by atoms with Crippen LogP contribution in [0.25, 0.3) is 16.9 Å². The van der Waals surface area contributed by atoms with Crippen LogP contribution in [0.2, 0.25) is 0 Å². The van der Waals surface area contributed by atoms with E-state index in [1.165, 1.54) is 12.1 Å². The van der Waals surface area contributed by atoms with E-state index in [1.807, 2.05) is 55.1 Å². The molecule has 3 aromatic rings. The van der Waals surface area contributed by atoms with Crippen LogP contribution < -0.4 is 10.6 Å². The first kappa shape index (κ1) is 19.8. The Morgan fingerprint density at radius 2 is 1.79 bits per heavy atom. The fourth-order valence-electron chi connectivity index (χ4n) is 2.80. The molecule has 0 fully saturated rings. The standard InChI is InChI=1S/C22H25FN4O/c1-16(2)22(28)25-13-12-24-14-18-15-27(20-6-4-3-5-7-20)26-21(18)17-8-10-19(23)11-9-17/h3-11,15-16,24H,12-14H2,1-2H3,(H,25,28). The molecule has 6 heteroatoms. The Hall–Kier alpha value is -2.99. The van der Waals surface area contributed by atoms with Gasteiger partial charge in [-0.2, -0.15) is 5.10 Å². The van der Waals surface area contributed by atoms with Crippen molar-refractivity contribution in [2.75, 3.05) is 13.1 Å². The zero-order valence-electron chi connectivity index (χ0n) is 16.2. The van der Waals surface area contributed by atoms with Crippen molar-refractivity contribution < 1.29 is 9.18 Å². The van der Waals surface area contributed by atoms with Gasteiger partial charge in [-0.05, 0) is 36.4 Å². The minimum atomic E-state index is -0.271. The Kier molecular flexibility index (Phi) is 6.55. The number of carbonyl (C=O) groups excluding carboxylic acids is 1. The Labute approximate surface area is 164 Å². The highest BCUT2D eigenvalue weighted by Crippen LogP contribution is 2.24. The summed E-state index contributed by atoms with van der Waals surface area (Å²) in [5, 5.41) is 10.9. The summed E-state index contributed by atoms with van der Waals surface area (Å²) in [5.74, 6) is -0.244. The van der Waals surface area contributed by atoms with Crippen LogP contribution in [-0.4, -0.2) is 28.8 Å². The lowest BCUT2D eigenvalue weighted by molar-refractivity contribution is -0.123. The molecule has 1 aromatic heterocycles. The van der Waals surface area contributed by atoms with Gasteiger partial charge < -0.3 is 10.6 Å². The Morgan fingerprint density at radius 3 is 2.46 bits per heavy atom. The summed E-state index contributed by atoms with van der Waals surface area (Å²) in [6.45, 7) is 5.55.